The maximum Gasteiger partial charge on any atom is 0.408 e. The van der Waals surface area contributed by atoms with Gasteiger partial charge in [0.05, 0.1) is 5.92 Å². The highest BCUT2D eigenvalue weighted by Crippen LogP contribution is 2.66. The highest BCUT2D eigenvalue weighted by molar-refractivity contribution is 7.99. The van der Waals surface area contributed by atoms with Crippen LogP contribution in [0.25, 0.3) is 0 Å². The van der Waals surface area contributed by atoms with Gasteiger partial charge in [-0.2, -0.15) is 0 Å². The molecule has 1 aromatic carbocycles. The lowest BCUT2D eigenvalue weighted by Gasteiger charge is -2.39. The van der Waals surface area contributed by atoms with Crippen LogP contribution >= 0.6 is 11.8 Å². The van der Waals surface area contributed by atoms with E-state index in [2.05, 4.69) is 17.4 Å². The van der Waals surface area contributed by atoms with Crippen molar-refractivity contribution in [1.82, 2.24) is 5.32 Å². The van der Waals surface area contributed by atoms with E-state index >= 15 is 0 Å². The predicted molar refractivity (Wildman–Crippen MR) is 144 cm³/mol. The second-order valence-corrected chi connectivity index (χ2v) is 14.4. The Labute approximate surface area is 225 Å². The molecule has 0 spiro atoms. The number of rotatable bonds is 6. The fraction of sp³-hybridized carbons (Fsp3) is 0.690. The van der Waals surface area contributed by atoms with Crippen molar-refractivity contribution in [1.29, 1.82) is 0 Å². The quantitative estimate of drug-likeness (QED) is 0.276. The van der Waals surface area contributed by atoms with Crippen LogP contribution in [0.4, 0.5) is 4.79 Å². The van der Waals surface area contributed by atoms with Crippen LogP contribution in [0, 0.1) is 30.6 Å². The number of hydrogen-bond acceptors (Lipinski definition) is 7. The third kappa shape index (κ3) is 7.21. The second kappa shape index (κ2) is 10.2. The SMILES string of the molecule is Cc1ccc(SC[C@@H]2C[C@H]3[C@H](C(=O)OC(C)(C)C)[C@H]3[C@]2(NC(=O)OC(C)(C)C)C(=O)OC(C)(C)C)cc1. The van der Waals surface area contributed by atoms with Crippen molar-refractivity contribution < 1.29 is 28.6 Å². The highest BCUT2D eigenvalue weighted by atomic mass is 32.2. The summed E-state index contributed by atoms with van der Waals surface area (Å²) in [4.78, 5) is 41.4. The normalized spacial score (nSPS) is 27.2. The first kappa shape index (κ1) is 29.3. The van der Waals surface area contributed by atoms with Crippen molar-refractivity contribution in [3.63, 3.8) is 0 Å². The van der Waals surface area contributed by atoms with Crippen LogP contribution in [0.15, 0.2) is 29.2 Å². The lowest BCUT2D eigenvalue weighted by atomic mass is 9.81. The predicted octanol–water partition coefficient (Wildman–Crippen LogP) is 5.92. The molecule has 0 heterocycles. The van der Waals surface area contributed by atoms with Crippen LogP contribution in [0.2, 0.25) is 0 Å². The van der Waals surface area contributed by atoms with E-state index in [9.17, 15) is 14.4 Å². The highest BCUT2D eigenvalue weighted by Gasteiger charge is 2.76. The summed E-state index contributed by atoms with van der Waals surface area (Å²) in [5.41, 5.74) is -2.41. The molecule has 0 aliphatic heterocycles. The van der Waals surface area contributed by atoms with Gasteiger partial charge in [0.25, 0.3) is 0 Å². The molecular formula is C29H43NO6S. The molecule has 2 aliphatic carbocycles. The molecule has 0 saturated heterocycles. The third-order valence-corrected chi connectivity index (χ3v) is 7.67. The first-order valence-electron chi connectivity index (χ1n) is 13.0. The van der Waals surface area contributed by atoms with Crippen molar-refractivity contribution in [3.8, 4) is 0 Å². The summed E-state index contributed by atoms with van der Waals surface area (Å²) >= 11 is 1.63. The zero-order valence-electron chi connectivity index (χ0n) is 23.9. The molecule has 2 fully saturated rings. The summed E-state index contributed by atoms with van der Waals surface area (Å²) in [7, 11) is 0. The van der Waals surface area contributed by atoms with Gasteiger partial charge in [-0.1, -0.05) is 17.7 Å². The molecule has 2 aliphatic rings. The van der Waals surface area contributed by atoms with Crippen LogP contribution in [0.3, 0.4) is 0 Å². The number of nitrogens with one attached hydrogen (secondary N) is 1. The largest absolute Gasteiger partial charge is 0.460 e. The summed E-state index contributed by atoms with van der Waals surface area (Å²) in [6.07, 6.45) is -0.0955. The Morgan fingerprint density at radius 1 is 0.892 bits per heavy atom. The maximum absolute atomic E-state index is 14.0. The minimum atomic E-state index is -1.40. The fourth-order valence-electron chi connectivity index (χ4n) is 5.17. The van der Waals surface area contributed by atoms with Crippen LogP contribution in [0.1, 0.15) is 74.3 Å². The number of hydrogen-bond donors (Lipinski definition) is 1. The Kier molecular flexibility index (Phi) is 8.05. The van der Waals surface area contributed by atoms with Crippen molar-refractivity contribution in [3.05, 3.63) is 29.8 Å². The van der Waals surface area contributed by atoms with Crippen LogP contribution < -0.4 is 5.32 Å². The van der Waals surface area contributed by atoms with Gasteiger partial charge in [-0.15, -0.1) is 11.8 Å². The lowest BCUT2D eigenvalue weighted by molar-refractivity contribution is -0.167. The summed E-state index contributed by atoms with van der Waals surface area (Å²) in [5, 5.41) is 2.95. The number of alkyl carbamates (subject to hydrolysis) is 1. The van der Waals surface area contributed by atoms with Gasteiger partial charge in [0, 0.05) is 22.5 Å². The third-order valence-electron chi connectivity index (χ3n) is 6.49. The standard InChI is InChI=1S/C29H43NO6S/c1-17-11-13-19(14-12-17)37-16-18-15-20-21(23(31)34-26(2,3)4)22(20)29(18,24(32)35-27(5,6)7)30-25(33)36-28(8,9)10/h11-14,18,20-22H,15-16H2,1-10H3,(H,30,33)/t18-,20-,21-,22-,29-/m0/s1. The average molecular weight is 534 g/mol. The number of aryl methyl sites for hydroxylation is 1. The second-order valence-electron chi connectivity index (χ2n) is 13.3. The van der Waals surface area contributed by atoms with E-state index in [1.165, 1.54) is 5.56 Å². The van der Waals surface area contributed by atoms with Gasteiger partial charge in [0.15, 0.2) is 0 Å². The molecule has 8 heteroatoms. The average Bonchev–Trinajstić information content (AvgIpc) is 3.32. The van der Waals surface area contributed by atoms with E-state index in [1.54, 1.807) is 53.3 Å². The van der Waals surface area contributed by atoms with E-state index in [0.29, 0.717) is 12.2 Å². The lowest BCUT2D eigenvalue weighted by Crippen LogP contribution is -2.63. The van der Waals surface area contributed by atoms with Gasteiger partial charge in [0.2, 0.25) is 0 Å². The Balaban J connectivity index is 1.98. The first-order valence-corrected chi connectivity index (χ1v) is 14.0. The molecule has 0 aromatic heterocycles. The molecule has 5 atom stereocenters. The van der Waals surface area contributed by atoms with Crippen molar-refractivity contribution in [2.24, 2.45) is 23.7 Å². The molecular weight excluding hydrogens is 490 g/mol. The van der Waals surface area contributed by atoms with E-state index in [4.69, 9.17) is 14.2 Å². The minimum Gasteiger partial charge on any atom is -0.460 e. The van der Waals surface area contributed by atoms with Gasteiger partial charge < -0.3 is 19.5 Å². The van der Waals surface area contributed by atoms with Gasteiger partial charge in [-0.05, 0) is 93.7 Å². The molecule has 206 valence electrons. The van der Waals surface area contributed by atoms with Crippen LogP contribution in [-0.4, -0.2) is 46.1 Å². The molecule has 2 saturated carbocycles. The Bertz CT molecular complexity index is 1020. The number of ether oxygens (including phenoxy) is 3. The molecule has 1 aromatic rings. The van der Waals surface area contributed by atoms with Gasteiger partial charge in [-0.25, -0.2) is 9.59 Å². The number of fused-ring (bicyclic) bond motifs is 1. The fourth-order valence-corrected chi connectivity index (χ4v) is 6.29. The van der Waals surface area contributed by atoms with Gasteiger partial charge in [0.1, 0.15) is 22.3 Å². The Hall–Kier alpha value is -2.22. The van der Waals surface area contributed by atoms with Crippen LogP contribution in [-0.2, 0) is 23.8 Å². The van der Waals surface area contributed by atoms with Crippen molar-refractivity contribution >= 4 is 29.8 Å². The molecule has 0 unspecified atom stereocenters. The van der Waals surface area contributed by atoms with E-state index < -0.39 is 46.2 Å². The smallest absolute Gasteiger partial charge is 0.408 e. The number of carbonyl (C=O) groups excluding carboxylic acids is 3. The Morgan fingerprint density at radius 2 is 1.43 bits per heavy atom. The molecule has 37 heavy (non-hydrogen) atoms. The monoisotopic (exact) mass is 533 g/mol. The maximum atomic E-state index is 14.0. The van der Waals surface area contributed by atoms with E-state index in [0.717, 1.165) is 4.90 Å². The Morgan fingerprint density at radius 3 is 1.95 bits per heavy atom. The molecule has 0 bridgehead atoms. The van der Waals surface area contributed by atoms with E-state index in [-0.39, 0.29) is 17.8 Å². The zero-order chi connectivity index (χ0) is 28.0. The molecule has 1 N–H and O–H groups in total. The van der Waals surface area contributed by atoms with Crippen molar-refractivity contribution in [2.45, 2.75) is 103 Å². The molecule has 1 amide bonds. The number of carbonyl (C=O) groups is 3. The van der Waals surface area contributed by atoms with Gasteiger partial charge in [-0.3, -0.25) is 4.79 Å². The summed E-state index contributed by atoms with van der Waals surface area (Å²) < 4.78 is 17.2. The molecule has 0 radical (unpaired) electrons. The zero-order valence-corrected chi connectivity index (χ0v) is 24.7. The van der Waals surface area contributed by atoms with Gasteiger partial charge >= 0.3 is 18.0 Å². The topological polar surface area (TPSA) is 90.9 Å². The van der Waals surface area contributed by atoms with Crippen molar-refractivity contribution in [2.75, 3.05) is 5.75 Å². The summed E-state index contributed by atoms with van der Waals surface area (Å²) in [6.45, 7) is 18.2. The molecule has 7 nitrogen and oxygen atoms in total. The van der Waals surface area contributed by atoms with E-state index in [1.807, 2.05) is 39.8 Å². The minimum absolute atomic E-state index is 0.0825. The number of benzene rings is 1. The number of esters is 2. The summed E-state index contributed by atoms with van der Waals surface area (Å²) in [5.74, 6) is -1.54. The van der Waals surface area contributed by atoms with Crippen LogP contribution in [0.5, 0.6) is 0 Å². The first-order chi connectivity index (χ1) is 16.8. The number of amides is 1. The number of thioether (sulfide) groups is 1. The molecule has 3 rings (SSSR count). The summed E-state index contributed by atoms with van der Waals surface area (Å²) in [6, 6.07) is 8.20.